The van der Waals surface area contributed by atoms with Crippen LogP contribution in [0, 0.1) is 6.92 Å². The van der Waals surface area contributed by atoms with Crippen LogP contribution in [-0.4, -0.2) is 85.4 Å². The van der Waals surface area contributed by atoms with Crippen LogP contribution in [0.4, 0.5) is 22.9 Å². The normalized spacial score (nSPS) is 16.4. The van der Waals surface area contributed by atoms with Crippen LogP contribution in [0.25, 0.3) is 0 Å². The highest BCUT2D eigenvalue weighted by Crippen LogP contribution is 2.34. The summed E-state index contributed by atoms with van der Waals surface area (Å²) in [6.45, 7) is 11.9. The van der Waals surface area contributed by atoms with Crippen molar-refractivity contribution < 1.29 is 14.3 Å². The second-order valence-corrected chi connectivity index (χ2v) is 11.4. The minimum atomic E-state index is 0.0165. The van der Waals surface area contributed by atoms with Crippen molar-refractivity contribution in [2.24, 2.45) is 0 Å². The Morgan fingerprint density at radius 3 is 2.60 bits per heavy atom. The van der Waals surface area contributed by atoms with Crippen molar-refractivity contribution in [3.8, 4) is 5.75 Å². The van der Waals surface area contributed by atoms with Crippen molar-refractivity contribution in [3.05, 3.63) is 71.4 Å². The second-order valence-electron chi connectivity index (χ2n) is 11.4. The Morgan fingerprint density at radius 1 is 1.05 bits per heavy atom. The zero-order valence-corrected chi connectivity index (χ0v) is 25.9. The highest BCUT2D eigenvalue weighted by atomic mass is 16.5. The van der Waals surface area contributed by atoms with E-state index in [0.29, 0.717) is 35.3 Å². The van der Waals surface area contributed by atoms with Crippen LogP contribution < -0.4 is 20.3 Å². The van der Waals surface area contributed by atoms with Crippen molar-refractivity contribution >= 4 is 34.6 Å². The lowest BCUT2D eigenvalue weighted by Crippen LogP contribution is -2.47. The number of ether oxygens (including phenoxy) is 1. The van der Waals surface area contributed by atoms with Gasteiger partial charge in [-0.25, -0.2) is 4.98 Å². The number of para-hydroxylation sites is 1. The first-order valence-corrected chi connectivity index (χ1v) is 15.4. The molecule has 9 nitrogen and oxygen atoms in total. The molecule has 3 aromatic rings. The Labute approximate surface area is 255 Å². The van der Waals surface area contributed by atoms with Gasteiger partial charge in [-0.05, 0) is 89.0 Å². The summed E-state index contributed by atoms with van der Waals surface area (Å²) in [4.78, 5) is 37.0. The highest BCUT2D eigenvalue weighted by molar-refractivity contribution is 6.00. The third-order valence-corrected chi connectivity index (χ3v) is 8.51. The Kier molecular flexibility index (Phi) is 9.94. The lowest BCUT2D eigenvalue weighted by atomic mass is 10.0. The molecule has 0 radical (unpaired) electrons. The number of ketones is 1. The standard InChI is InChI=1S/C34H44N6O3/c1-5-43-32-21-26(34(42)40-18-13-27(14-19-40)39-17-8-15-35-16-20-39)11-12-29(32)37-33-22-31(24(2)23-36-33)38(4)30-10-7-6-9-28(30)25(3)41/h6-7,9-12,21-23,27,35H,5,8,13-20H2,1-4H3,(H,36,37). The van der Waals surface area contributed by atoms with Crippen molar-refractivity contribution in [1.82, 2.24) is 20.1 Å². The van der Waals surface area contributed by atoms with Crippen molar-refractivity contribution in [3.63, 3.8) is 0 Å². The minimum absolute atomic E-state index is 0.0165. The van der Waals surface area contributed by atoms with E-state index in [-0.39, 0.29) is 11.7 Å². The molecule has 2 aliphatic heterocycles. The van der Waals surface area contributed by atoms with E-state index in [1.165, 1.54) is 6.42 Å². The number of nitrogens with one attached hydrogen (secondary N) is 2. The van der Waals surface area contributed by atoms with E-state index in [2.05, 4.69) is 20.5 Å². The fraction of sp³-hybridized carbons (Fsp3) is 0.441. The van der Waals surface area contributed by atoms with E-state index in [1.54, 1.807) is 6.92 Å². The monoisotopic (exact) mass is 584 g/mol. The van der Waals surface area contributed by atoms with Gasteiger partial charge in [-0.2, -0.15) is 0 Å². The van der Waals surface area contributed by atoms with E-state index in [0.717, 1.165) is 74.7 Å². The minimum Gasteiger partial charge on any atom is -0.492 e. The number of pyridine rings is 1. The zero-order chi connectivity index (χ0) is 30.3. The number of Topliss-reactive ketones (excluding diaryl/α,β-unsaturated/α-hetero) is 1. The molecule has 2 fully saturated rings. The van der Waals surface area contributed by atoms with Crippen molar-refractivity contribution in [2.75, 3.05) is 63.1 Å². The molecule has 2 N–H and O–H groups in total. The predicted molar refractivity (Wildman–Crippen MR) is 172 cm³/mol. The van der Waals surface area contributed by atoms with Crippen LogP contribution >= 0.6 is 0 Å². The SMILES string of the molecule is CCOc1cc(C(=O)N2CCC(N3CCCNCC3)CC2)ccc1Nc1cc(N(C)c2ccccc2C(C)=O)c(C)cn1. The molecule has 2 saturated heterocycles. The molecule has 9 heteroatoms. The topological polar surface area (TPSA) is 90.0 Å². The number of nitrogens with zero attached hydrogens (tertiary/aromatic N) is 4. The third kappa shape index (κ3) is 7.17. The zero-order valence-electron chi connectivity index (χ0n) is 25.9. The van der Waals surface area contributed by atoms with Crippen LogP contribution in [0.15, 0.2) is 54.7 Å². The molecule has 5 rings (SSSR count). The Morgan fingerprint density at radius 2 is 1.84 bits per heavy atom. The number of likely N-dealkylation sites (tertiary alicyclic amines) is 1. The number of carbonyl (C=O) groups is 2. The van der Waals surface area contributed by atoms with Gasteiger partial charge in [-0.3, -0.25) is 14.5 Å². The molecule has 1 amide bonds. The summed E-state index contributed by atoms with van der Waals surface area (Å²) in [5.74, 6) is 1.31. The molecule has 0 aliphatic carbocycles. The van der Waals surface area contributed by atoms with Gasteiger partial charge in [0.2, 0.25) is 0 Å². The summed E-state index contributed by atoms with van der Waals surface area (Å²) < 4.78 is 5.99. The highest BCUT2D eigenvalue weighted by Gasteiger charge is 2.28. The van der Waals surface area contributed by atoms with E-state index in [4.69, 9.17) is 4.74 Å². The summed E-state index contributed by atoms with van der Waals surface area (Å²) in [6.07, 6.45) is 5.02. The van der Waals surface area contributed by atoms with Crippen LogP contribution in [0.1, 0.15) is 59.4 Å². The quantitative estimate of drug-likeness (QED) is 0.323. The lowest BCUT2D eigenvalue weighted by Gasteiger charge is -2.38. The van der Waals surface area contributed by atoms with E-state index >= 15 is 0 Å². The van der Waals surface area contributed by atoms with E-state index in [9.17, 15) is 9.59 Å². The van der Waals surface area contributed by atoms with Crippen LogP contribution in [-0.2, 0) is 0 Å². The van der Waals surface area contributed by atoms with Crippen LogP contribution in [0.2, 0.25) is 0 Å². The van der Waals surface area contributed by atoms with Gasteiger partial charge in [-0.15, -0.1) is 0 Å². The first kappa shape index (κ1) is 30.5. The van der Waals surface area contributed by atoms with Gasteiger partial charge in [-0.1, -0.05) is 12.1 Å². The summed E-state index contributed by atoms with van der Waals surface area (Å²) in [7, 11) is 1.95. The number of aromatic nitrogens is 1. The third-order valence-electron chi connectivity index (χ3n) is 8.51. The van der Waals surface area contributed by atoms with Gasteiger partial charge in [0.15, 0.2) is 5.78 Å². The summed E-state index contributed by atoms with van der Waals surface area (Å²) in [5.41, 5.74) is 4.77. The number of anilines is 4. The molecule has 0 saturated carbocycles. The van der Waals surface area contributed by atoms with Gasteiger partial charge < -0.3 is 25.2 Å². The number of piperidine rings is 1. The maximum Gasteiger partial charge on any atom is 0.253 e. The fourth-order valence-corrected chi connectivity index (χ4v) is 6.16. The Hall–Kier alpha value is -3.95. The van der Waals surface area contributed by atoms with Crippen molar-refractivity contribution in [2.45, 2.75) is 46.1 Å². The molecule has 43 heavy (non-hydrogen) atoms. The number of amides is 1. The van der Waals surface area contributed by atoms with Crippen LogP contribution in [0.5, 0.6) is 5.75 Å². The Balaban J connectivity index is 1.30. The maximum atomic E-state index is 13.5. The number of carbonyl (C=O) groups excluding carboxylic acids is 2. The summed E-state index contributed by atoms with van der Waals surface area (Å²) >= 11 is 0. The molecule has 0 unspecified atom stereocenters. The number of aryl methyl sites for hydroxylation is 1. The second kappa shape index (κ2) is 14.0. The number of benzene rings is 2. The van der Waals surface area contributed by atoms with E-state index < -0.39 is 0 Å². The van der Waals surface area contributed by atoms with Gasteiger partial charge >= 0.3 is 0 Å². The van der Waals surface area contributed by atoms with Gasteiger partial charge in [0, 0.05) is 68.3 Å². The molecule has 0 spiro atoms. The lowest BCUT2D eigenvalue weighted by molar-refractivity contribution is 0.0626. The van der Waals surface area contributed by atoms with Crippen molar-refractivity contribution in [1.29, 1.82) is 0 Å². The number of hydrogen-bond acceptors (Lipinski definition) is 8. The molecular formula is C34H44N6O3. The van der Waals surface area contributed by atoms with E-state index in [1.807, 2.05) is 85.4 Å². The van der Waals surface area contributed by atoms with Crippen LogP contribution in [0.3, 0.4) is 0 Å². The fourth-order valence-electron chi connectivity index (χ4n) is 6.16. The smallest absolute Gasteiger partial charge is 0.253 e. The number of hydrogen-bond donors (Lipinski definition) is 2. The van der Waals surface area contributed by atoms with Gasteiger partial charge in [0.05, 0.1) is 18.0 Å². The molecule has 1 aromatic heterocycles. The summed E-state index contributed by atoms with van der Waals surface area (Å²) in [6, 6.07) is 15.7. The first-order valence-electron chi connectivity index (χ1n) is 15.4. The molecule has 0 bridgehead atoms. The maximum absolute atomic E-state index is 13.5. The predicted octanol–water partition coefficient (Wildman–Crippen LogP) is 5.40. The average Bonchev–Trinajstić information content (AvgIpc) is 3.32. The van der Waals surface area contributed by atoms with Gasteiger partial charge in [0.25, 0.3) is 5.91 Å². The summed E-state index contributed by atoms with van der Waals surface area (Å²) in [5, 5.41) is 6.88. The average molecular weight is 585 g/mol. The molecular weight excluding hydrogens is 540 g/mol. The number of rotatable bonds is 9. The largest absolute Gasteiger partial charge is 0.492 e. The van der Waals surface area contributed by atoms with Gasteiger partial charge in [0.1, 0.15) is 11.6 Å². The first-order chi connectivity index (χ1) is 20.9. The molecule has 0 atom stereocenters. The molecule has 3 heterocycles. The Bertz CT molecular complexity index is 1430. The molecule has 228 valence electrons. The molecule has 2 aliphatic rings. The molecule has 2 aromatic carbocycles.